The number of hydrogen-bond donors (Lipinski definition) is 0. The van der Waals surface area contributed by atoms with E-state index in [9.17, 15) is 4.79 Å². The summed E-state index contributed by atoms with van der Waals surface area (Å²) in [4.78, 5) is 13.5. The molecule has 5 heteroatoms. The van der Waals surface area contributed by atoms with Crippen LogP contribution in [0.25, 0.3) is 0 Å². The summed E-state index contributed by atoms with van der Waals surface area (Å²) in [6.45, 7) is 0.760. The summed E-state index contributed by atoms with van der Waals surface area (Å²) < 4.78 is 0. The Labute approximate surface area is 115 Å². The molecule has 1 aliphatic rings. The molecule has 1 aliphatic heterocycles. The zero-order valence-corrected chi connectivity index (χ0v) is 11.4. The highest BCUT2D eigenvalue weighted by Gasteiger charge is 2.29. The molecule has 0 radical (unpaired) electrons. The molecule has 1 aromatic carbocycles. The van der Waals surface area contributed by atoms with Gasteiger partial charge in [0.05, 0.1) is 16.1 Å². The van der Waals surface area contributed by atoms with Gasteiger partial charge in [-0.2, -0.15) is 0 Å². The van der Waals surface area contributed by atoms with Crippen molar-refractivity contribution in [3.8, 4) is 0 Å². The molecule has 1 amide bonds. The summed E-state index contributed by atoms with van der Waals surface area (Å²) in [6.07, 6.45) is 1.94. The lowest BCUT2D eigenvalue weighted by Gasteiger charge is -2.24. The maximum Gasteiger partial charge on any atom is 0.238 e. The second-order valence-electron chi connectivity index (χ2n) is 4.05. The van der Waals surface area contributed by atoms with Crippen LogP contribution in [0, 0.1) is 0 Å². The van der Waals surface area contributed by atoms with Crippen molar-refractivity contribution in [1.82, 2.24) is 4.90 Å². The van der Waals surface area contributed by atoms with E-state index >= 15 is 0 Å². The Balaban J connectivity index is 2.26. The Morgan fingerprint density at radius 3 is 2.76 bits per heavy atom. The Morgan fingerprint density at radius 1 is 1.35 bits per heavy atom. The van der Waals surface area contributed by atoms with E-state index in [1.807, 2.05) is 17.0 Å². The molecule has 0 bridgehead atoms. The van der Waals surface area contributed by atoms with Gasteiger partial charge in [-0.05, 0) is 30.5 Å². The molecule has 1 saturated heterocycles. The van der Waals surface area contributed by atoms with Crippen LogP contribution < -0.4 is 0 Å². The van der Waals surface area contributed by atoms with Gasteiger partial charge < -0.3 is 4.90 Å². The molecule has 0 unspecified atom stereocenters. The van der Waals surface area contributed by atoms with Crippen LogP contribution in [0.5, 0.6) is 0 Å². The van der Waals surface area contributed by atoms with E-state index in [1.165, 1.54) is 0 Å². The van der Waals surface area contributed by atoms with Crippen molar-refractivity contribution in [3.05, 3.63) is 33.8 Å². The van der Waals surface area contributed by atoms with Gasteiger partial charge in [0.1, 0.15) is 5.88 Å². The van der Waals surface area contributed by atoms with Crippen LogP contribution >= 0.6 is 34.8 Å². The predicted molar refractivity (Wildman–Crippen MR) is 70.9 cm³/mol. The lowest BCUT2D eigenvalue weighted by atomic mass is 10.0. The van der Waals surface area contributed by atoms with Crippen LogP contribution in [-0.2, 0) is 4.79 Å². The second kappa shape index (κ2) is 5.47. The van der Waals surface area contributed by atoms with Gasteiger partial charge in [-0.3, -0.25) is 4.79 Å². The number of likely N-dealkylation sites (tertiary alicyclic amines) is 1. The molecule has 0 spiro atoms. The fourth-order valence-corrected chi connectivity index (χ4v) is 2.67. The molecule has 2 nitrogen and oxygen atoms in total. The van der Waals surface area contributed by atoms with Crippen LogP contribution in [0.3, 0.4) is 0 Å². The van der Waals surface area contributed by atoms with E-state index in [4.69, 9.17) is 34.8 Å². The summed E-state index contributed by atoms with van der Waals surface area (Å²) in [5.41, 5.74) is 1.02. The Kier molecular flexibility index (Phi) is 4.18. The van der Waals surface area contributed by atoms with Crippen molar-refractivity contribution in [2.24, 2.45) is 0 Å². The van der Waals surface area contributed by atoms with Gasteiger partial charge in [0, 0.05) is 6.54 Å². The zero-order valence-electron chi connectivity index (χ0n) is 9.13. The van der Waals surface area contributed by atoms with E-state index in [2.05, 4.69) is 0 Å². The molecule has 17 heavy (non-hydrogen) atoms. The molecule has 2 rings (SSSR count). The third-order valence-corrected chi connectivity index (χ3v) is 3.98. The van der Waals surface area contributed by atoms with Crippen molar-refractivity contribution in [1.29, 1.82) is 0 Å². The molecule has 1 fully saturated rings. The van der Waals surface area contributed by atoms with Crippen LogP contribution in [0.15, 0.2) is 18.2 Å². The van der Waals surface area contributed by atoms with Gasteiger partial charge in [-0.25, -0.2) is 0 Å². The predicted octanol–water partition coefficient (Wildman–Crippen LogP) is 3.90. The molecule has 1 atom stereocenters. The van der Waals surface area contributed by atoms with E-state index in [0.29, 0.717) is 10.0 Å². The standard InChI is InChI=1S/C12H12Cl3NO/c13-7-12(17)16-5-1-2-11(16)8-3-4-9(14)10(15)6-8/h3-4,6,11H,1-2,5,7H2/t11-/m0/s1. The highest BCUT2D eigenvalue weighted by Crippen LogP contribution is 2.34. The number of nitrogens with zero attached hydrogens (tertiary/aromatic N) is 1. The molecule has 0 N–H and O–H groups in total. The number of carbonyl (C=O) groups excluding carboxylic acids is 1. The molecular weight excluding hydrogens is 280 g/mol. The van der Waals surface area contributed by atoms with Crippen LogP contribution in [-0.4, -0.2) is 23.2 Å². The largest absolute Gasteiger partial charge is 0.335 e. The minimum atomic E-state index is -0.0276. The summed E-state index contributed by atoms with van der Waals surface area (Å²) in [5, 5.41) is 1.05. The molecule has 0 aromatic heterocycles. The number of carbonyl (C=O) groups is 1. The monoisotopic (exact) mass is 291 g/mol. The van der Waals surface area contributed by atoms with E-state index in [0.717, 1.165) is 24.9 Å². The normalized spacial score (nSPS) is 19.7. The van der Waals surface area contributed by atoms with E-state index in [1.54, 1.807) is 6.07 Å². The van der Waals surface area contributed by atoms with Crippen molar-refractivity contribution in [2.75, 3.05) is 12.4 Å². The minimum absolute atomic E-state index is 0.0256. The number of rotatable bonds is 2. The third-order valence-electron chi connectivity index (χ3n) is 3.02. The Bertz CT molecular complexity index is 436. The lowest BCUT2D eigenvalue weighted by Crippen LogP contribution is -2.31. The number of alkyl halides is 1. The first-order valence-corrected chi connectivity index (χ1v) is 6.73. The SMILES string of the molecule is O=C(CCl)N1CCC[C@H]1c1ccc(Cl)c(Cl)c1. The van der Waals surface area contributed by atoms with Gasteiger partial charge in [-0.15, -0.1) is 11.6 Å². The van der Waals surface area contributed by atoms with Crippen LogP contribution in [0.2, 0.25) is 10.0 Å². The smallest absolute Gasteiger partial charge is 0.238 e. The molecule has 1 heterocycles. The van der Waals surface area contributed by atoms with Crippen LogP contribution in [0.1, 0.15) is 24.4 Å². The quantitative estimate of drug-likeness (QED) is 0.757. The molecule has 92 valence electrons. The lowest BCUT2D eigenvalue weighted by molar-refractivity contribution is -0.129. The van der Waals surface area contributed by atoms with Crippen molar-refractivity contribution in [2.45, 2.75) is 18.9 Å². The fraction of sp³-hybridized carbons (Fsp3) is 0.417. The molecule has 0 saturated carbocycles. The molecular formula is C12H12Cl3NO. The fourth-order valence-electron chi connectivity index (χ4n) is 2.21. The number of amides is 1. The van der Waals surface area contributed by atoms with Crippen molar-refractivity contribution < 1.29 is 4.79 Å². The second-order valence-corrected chi connectivity index (χ2v) is 5.13. The highest BCUT2D eigenvalue weighted by molar-refractivity contribution is 6.42. The molecule has 0 aliphatic carbocycles. The maximum atomic E-state index is 11.7. The van der Waals surface area contributed by atoms with Crippen LogP contribution in [0.4, 0.5) is 0 Å². The zero-order chi connectivity index (χ0) is 12.4. The van der Waals surface area contributed by atoms with Crippen molar-refractivity contribution in [3.63, 3.8) is 0 Å². The van der Waals surface area contributed by atoms with Crippen molar-refractivity contribution >= 4 is 40.7 Å². The number of hydrogen-bond acceptors (Lipinski definition) is 1. The average Bonchev–Trinajstić information content (AvgIpc) is 2.80. The summed E-state index contributed by atoms with van der Waals surface area (Å²) in [7, 11) is 0. The van der Waals surface area contributed by atoms with Gasteiger partial charge in [0.2, 0.25) is 5.91 Å². The van der Waals surface area contributed by atoms with Gasteiger partial charge in [-0.1, -0.05) is 29.3 Å². The van der Waals surface area contributed by atoms with Gasteiger partial charge in [0.15, 0.2) is 0 Å². The highest BCUT2D eigenvalue weighted by atomic mass is 35.5. The van der Waals surface area contributed by atoms with Gasteiger partial charge >= 0.3 is 0 Å². The number of benzene rings is 1. The minimum Gasteiger partial charge on any atom is -0.335 e. The van der Waals surface area contributed by atoms with Gasteiger partial charge in [0.25, 0.3) is 0 Å². The average molecular weight is 293 g/mol. The summed E-state index contributed by atoms with van der Waals surface area (Å²) >= 11 is 17.5. The maximum absolute atomic E-state index is 11.7. The Hall–Kier alpha value is -0.440. The third kappa shape index (κ3) is 2.70. The topological polar surface area (TPSA) is 20.3 Å². The first-order valence-electron chi connectivity index (χ1n) is 5.44. The van der Waals surface area contributed by atoms with E-state index in [-0.39, 0.29) is 17.8 Å². The molecule has 1 aromatic rings. The Morgan fingerprint density at radius 2 is 2.12 bits per heavy atom. The summed E-state index contributed by atoms with van der Waals surface area (Å²) in [6, 6.07) is 5.59. The first kappa shape index (κ1) is 13.0. The first-order chi connectivity index (χ1) is 8.13. The summed E-state index contributed by atoms with van der Waals surface area (Å²) in [5.74, 6) is -0.00194. The number of halogens is 3. The van der Waals surface area contributed by atoms with E-state index < -0.39 is 0 Å².